The molecule has 0 radical (unpaired) electrons. The van der Waals surface area contributed by atoms with Gasteiger partial charge in [-0.05, 0) is 42.2 Å². The molecule has 1 aromatic carbocycles. The van der Waals surface area contributed by atoms with Gasteiger partial charge in [-0.15, -0.1) is 0 Å². The van der Waals surface area contributed by atoms with Gasteiger partial charge in [0, 0.05) is 0 Å². The van der Waals surface area contributed by atoms with E-state index in [1.54, 1.807) is 0 Å². The number of ether oxygens (including phenoxy) is 1. The quantitative estimate of drug-likeness (QED) is 0.398. The second-order valence-electron chi connectivity index (χ2n) is 5.77. The summed E-state index contributed by atoms with van der Waals surface area (Å²) in [5.41, 5.74) is 1.35. The van der Waals surface area contributed by atoms with Crippen molar-refractivity contribution in [3.8, 4) is 5.75 Å². The molecule has 0 unspecified atom stereocenters. The Hall–Kier alpha value is -0.630. The van der Waals surface area contributed by atoms with Gasteiger partial charge in [0.15, 0.2) is 0 Å². The van der Waals surface area contributed by atoms with Crippen LogP contribution in [-0.4, -0.2) is 12.4 Å². The van der Waals surface area contributed by atoms with Crippen molar-refractivity contribution in [1.82, 2.24) is 0 Å². The molecule has 0 aromatic heterocycles. The van der Waals surface area contributed by atoms with E-state index in [2.05, 4.69) is 50.7 Å². The maximum Gasteiger partial charge on any atom is 0.119 e. The lowest BCUT2D eigenvalue weighted by atomic mass is 10.0. The molecule has 0 saturated heterocycles. The molecule has 0 fully saturated rings. The van der Waals surface area contributed by atoms with Crippen LogP contribution in [0.1, 0.15) is 70.3 Å². The summed E-state index contributed by atoms with van der Waals surface area (Å²) in [4.78, 5) is 0. The molecule has 0 spiro atoms. The van der Waals surface area contributed by atoms with Crippen molar-refractivity contribution in [3.05, 3.63) is 29.8 Å². The van der Waals surface area contributed by atoms with Crippen LogP contribution in [0.5, 0.6) is 5.75 Å². The molecule has 1 rings (SSSR count). The van der Waals surface area contributed by atoms with Gasteiger partial charge in [-0.3, -0.25) is 0 Å². The highest BCUT2D eigenvalue weighted by atomic mass is 32.1. The highest BCUT2D eigenvalue weighted by Gasteiger charge is 2.00. The van der Waals surface area contributed by atoms with Crippen LogP contribution in [0.2, 0.25) is 0 Å². The summed E-state index contributed by atoms with van der Waals surface area (Å²) in [6.45, 7) is 5.28. The van der Waals surface area contributed by atoms with E-state index >= 15 is 0 Å². The third kappa shape index (κ3) is 7.84. The van der Waals surface area contributed by atoms with E-state index in [1.165, 1.54) is 50.5 Å². The van der Waals surface area contributed by atoms with Crippen LogP contribution in [-0.2, 0) is 0 Å². The second kappa shape index (κ2) is 11.1. The van der Waals surface area contributed by atoms with Gasteiger partial charge < -0.3 is 4.74 Å². The molecule has 0 amide bonds. The Balaban J connectivity index is 2.05. The van der Waals surface area contributed by atoms with Gasteiger partial charge in [-0.2, -0.15) is 12.6 Å². The van der Waals surface area contributed by atoms with Crippen molar-refractivity contribution in [3.63, 3.8) is 0 Å². The largest absolute Gasteiger partial charge is 0.494 e. The van der Waals surface area contributed by atoms with Crippen LogP contribution >= 0.6 is 12.6 Å². The lowest BCUT2D eigenvalue weighted by Gasteiger charge is -2.10. The summed E-state index contributed by atoms with van der Waals surface area (Å²) in [5.74, 6) is 2.62. The van der Waals surface area contributed by atoms with E-state index in [0.29, 0.717) is 5.92 Å². The van der Waals surface area contributed by atoms with Crippen molar-refractivity contribution in [2.24, 2.45) is 0 Å². The number of benzene rings is 1. The zero-order chi connectivity index (χ0) is 14.6. The third-order valence-corrected chi connectivity index (χ3v) is 3.91. The fourth-order valence-corrected chi connectivity index (χ4v) is 2.47. The molecule has 0 aliphatic rings. The topological polar surface area (TPSA) is 9.23 Å². The molecule has 0 heterocycles. The molecule has 2 heteroatoms. The average molecular weight is 295 g/mol. The minimum atomic E-state index is 0.566. The third-order valence-electron chi connectivity index (χ3n) is 3.60. The molecular weight excluding hydrogens is 264 g/mol. The van der Waals surface area contributed by atoms with Crippen LogP contribution < -0.4 is 4.74 Å². The molecule has 0 aliphatic carbocycles. The van der Waals surface area contributed by atoms with Crippen LogP contribution in [0, 0.1) is 0 Å². The smallest absolute Gasteiger partial charge is 0.119 e. The van der Waals surface area contributed by atoms with Crippen LogP contribution in [0.3, 0.4) is 0 Å². The van der Waals surface area contributed by atoms with Crippen LogP contribution in [0.25, 0.3) is 0 Å². The molecule has 0 saturated carbocycles. The summed E-state index contributed by atoms with van der Waals surface area (Å²) in [6.07, 6.45) is 9.10. The first kappa shape index (κ1) is 17.4. The number of hydrogen-bond donors (Lipinski definition) is 1. The van der Waals surface area contributed by atoms with Gasteiger partial charge >= 0.3 is 0 Å². The van der Waals surface area contributed by atoms with Crippen molar-refractivity contribution < 1.29 is 4.74 Å². The molecule has 0 bridgehead atoms. The van der Waals surface area contributed by atoms with Crippen LogP contribution in [0.15, 0.2) is 24.3 Å². The summed E-state index contributed by atoms with van der Waals surface area (Å²) in [6, 6.07) is 8.49. The predicted molar refractivity (Wildman–Crippen MR) is 92.2 cm³/mol. The highest BCUT2D eigenvalue weighted by Crippen LogP contribution is 2.20. The Morgan fingerprint density at radius 3 is 2.25 bits per heavy atom. The molecule has 0 atom stereocenters. The summed E-state index contributed by atoms with van der Waals surface area (Å²) >= 11 is 4.23. The van der Waals surface area contributed by atoms with E-state index in [4.69, 9.17) is 4.74 Å². The predicted octanol–water partition coefficient (Wildman–Crippen LogP) is 5.85. The second-order valence-corrected chi connectivity index (χ2v) is 6.22. The monoisotopic (exact) mass is 294 g/mol. The molecular formula is C18H30OS. The van der Waals surface area contributed by atoms with Crippen molar-refractivity contribution >= 4 is 12.6 Å². The minimum Gasteiger partial charge on any atom is -0.494 e. The Kier molecular flexibility index (Phi) is 9.65. The Labute approximate surface area is 130 Å². The SMILES string of the molecule is CC(C)c1cccc(OCCCCCCCCCS)c1. The average Bonchev–Trinajstić information content (AvgIpc) is 2.46. The number of thiol groups is 1. The lowest BCUT2D eigenvalue weighted by Crippen LogP contribution is -1.98. The zero-order valence-electron chi connectivity index (χ0n) is 13.1. The van der Waals surface area contributed by atoms with E-state index in [0.717, 1.165) is 18.1 Å². The van der Waals surface area contributed by atoms with Crippen LogP contribution in [0.4, 0.5) is 0 Å². The molecule has 114 valence electrons. The number of unbranched alkanes of at least 4 members (excludes halogenated alkanes) is 6. The first-order valence-corrected chi connectivity index (χ1v) is 8.71. The van der Waals surface area contributed by atoms with Crippen molar-refractivity contribution in [1.29, 1.82) is 0 Å². The first-order valence-electron chi connectivity index (χ1n) is 8.07. The summed E-state index contributed by atoms with van der Waals surface area (Å²) in [5, 5.41) is 0. The van der Waals surface area contributed by atoms with Gasteiger partial charge in [0.1, 0.15) is 5.75 Å². The fourth-order valence-electron chi connectivity index (χ4n) is 2.25. The Bertz CT molecular complexity index is 349. The Morgan fingerprint density at radius 2 is 1.60 bits per heavy atom. The van der Waals surface area contributed by atoms with E-state index < -0.39 is 0 Å². The normalized spacial score (nSPS) is 11.0. The van der Waals surface area contributed by atoms with Crippen molar-refractivity contribution in [2.75, 3.05) is 12.4 Å². The molecule has 0 N–H and O–H groups in total. The summed E-state index contributed by atoms with van der Waals surface area (Å²) < 4.78 is 5.83. The number of hydrogen-bond acceptors (Lipinski definition) is 2. The number of rotatable bonds is 11. The van der Waals surface area contributed by atoms with E-state index in [1.807, 2.05) is 0 Å². The molecule has 1 nitrogen and oxygen atoms in total. The van der Waals surface area contributed by atoms with E-state index in [-0.39, 0.29) is 0 Å². The van der Waals surface area contributed by atoms with Gasteiger partial charge in [0.2, 0.25) is 0 Å². The standard InChI is InChI=1S/C18H30OS/c1-16(2)17-11-10-12-18(15-17)19-13-8-6-4-3-5-7-9-14-20/h10-12,15-16,20H,3-9,13-14H2,1-2H3. The highest BCUT2D eigenvalue weighted by molar-refractivity contribution is 7.80. The Morgan fingerprint density at radius 1 is 0.950 bits per heavy atom. The zero-order valence-corrected chi connectivity index (χ0v) is 14.0. The maximum atomic E-state index is 5.83. The fraction of sp³-hybridized carbons (Fsp3) is 0.667. The van der Waals surface area contributed by atoms with Crippen molar-refractivity contribution in [2.45, 2.75) is 64.7 Å². The maximum absolute atomic E-state index is 5.83. The minimum absolute atomic E-state index is 0.566. The van der Waals surface area contributed by atoms with Gasteiger partial charge in [0.05, 0.1) is 6.61 Å². The van der Waals surface area contributed by atoms with Gasteiger partial charge in [-0.1, -0.05) is 58.1 Å². The molecule has 1 aromatic rings. The van der Waals surface area contributed by atoms with E-state index in [9.17, 15) is 0 Å². The van der Waals surface area contributed by atoms with Gasteiger partial charge in [-0.25, -0.2) is 0 Å². The van der Waals surface area contributed by atoms with Gasteiger partial charge in [0.25, 0.3) is 0 Å². The summed E-state index contributed by atoms with van der Waals surface area (Å²) in [7, 11) is 0. The molecule has 0 aliphatic heterocycles. The first-order chi connectivity index (χ1) is 9.74. The molecule has 20 heavy (non-hydrogen) atoms. The lowest BCUT2D eigenvalue weighted by molar-refractivity contribution is 0.304.